The summed E-state index contributed by atoms with van der Waals surface area (Å²) in [6.07, 6.45) is 1.67. The highest BCUT2D eigenvalue weighted by molar-refractivity contribution is 5.28. The lowest BCUT2D eigenvalue weighted by Gasteiger charge is -2.14. The second-order valence-corrected chi connectivity index (χ2v) is 4.17. The van der Waals surface area contributed by atoms with E-state index in [2.05, 4.69) is 0 Å². The Hall–Kier alpha value is -2.07. The number of benzene rings is 1. The Morgan fingerprint density at radius 1 is 1.21 bits per heavy atom. The molecule has 1 aromatic heterocycles. The van der Waals surface area contributed by atoms with Crippen LogP contribution < -0.4 is 10.2 Å². The number of aryl methyl sites for hydroxylation is 1. The second kappa shape index (κ2) is 6.20. The zero-order valence-electron chi connectivity index (χ0n) is 10.9. The highest BCUT2D eigenvalue weighted by Gasteiger charge is 2.11. The third-order valence-corrected chi connectivity index (χ3v) is 2.95. The van der Waals surface area contributed by atoms with Crippen molar-refractivity contribution < 1.29 is 9.84 Å². The Morgan fingerprint density at radius 2 is 1.95 bits per heavy atom. The second-order valence-electron chi connectivity index (χ2n) is 4.17. The van der Waals surface area contributed by atoms with Gasteiger partial charge in [-0.05, 0) is 12.5 Å². The maximum absolute atomic E-state index is 11.8. The van der Waals surface area contributed by atoms with Crippen molar-refractivity contribution in [2.75, 3.05) is 0 Å². The monoisotopic (exact) mass is 259 g/mol. The molecule has 0 saturated carbocycles. The molecule has 0 fully saturated rings. The van der Waals surface area contributed by atoms with Gasteiger partial charge >= 0.3 is 0 Å². The number of aromatic nitrogens is 1. The quantitative estimate of drug-likeness (QED) is 0.892. The third-order valence-electron chi connectivity index (χ3n) is 2.95. The van der Waals surface area contributed by atoms with E-state index in [1.807, 2.05) is 41.8 Å². The molecule has 2 aromatic rings. The minimum absolute atomic E-state index is 0.204. The molecular formula is C15H17NO3. The highest BCUT2D eigenvalue weighted by Crippen LogP contribution is 2.15. The Bertz CT molecular complexity index is 590. The van der Waals surface area contributed by atoms with Gasteiger partial charge in [0.25, 0.3) is 0 Å². The molecule has 0 bridgehead atoms. The van der Waals surface area contributed by atoms with E-state index in [1.165, 1.54) is 6.07 Å². The van der Waals surface area contributed by atoms with Crippen LogP contribution in [0, 0.1) is 0 Å². The van der Waals surface area contributed by atoms with Gasteiger partial charge in [-0.15, -0.1) is 0 Å². The molecule has 0 aliphatic rings. The fourth-order valence-electron chi connectivity index (χ4n) is 1.94. The lowest BCUT2D eigenvalue weighted by atomic mass is 10.2. The fourth-order valence-corrected chi connectivity index (χ4v) is 1.94. The van der Waals surface area contributed by atoms with Crippen LogP contribution in [0.5, 0.6) is 5.75 Å². The summed E-state index contributed by atoms with van der Waals surface area (Å²) < 4.78 is 7.40. The maximum atomic E-state index is 11.8. The van der Waals surface area contributed by atoms with Crippen molar-refractivity contribution in [1.82, 2.24) is 4.57 Å². The van der Waals surface area contributed by atoms with E-state index in [-0.39, 0.29) is 17.8 Å². The first kappa shape index (κ1) is 13.4. The van der Waals surface area contributed by atoms with Gasteiger partial charge in [0.2, 0.25) is 5.43 Å². The van der Waals surface area contributed by atoms with Gasteiger partial charge in [-0.1, -0.05) is 30.3 Å². The lowest BCUT2D eigenvalue weighted by molar-refractivity contribution is 0.244. The van der Waals surface area contributed by atoms with E-state index in [1.54, 1.807) is 6.20 Å². The summed E-state index contributed by atoms with van der Waals surface area (Å²) in [4.78, 5) is 11.8. The van der Waals surface area contributed by atoms with Crippen molar-refractivity contribution in [3.8, 4) is 5.75 Å². The predicted octanol–water partition coefficient (Wildman–Crippen LogP) is 1.94. The van der Waals surface area contributed by atoms with Crippen molar-refractivity contribution in [2.24, 2.45) is 0 Å². The molecule has 0 atom stereocenters. The zero-order valence-corrected chi connectivity index (χ0v) is 10.9. The molecule has 0 unspecified atom stereocenters. The van der Waals surface area contributed by atoms with Crippen LogP contribution in [0.2, 0.25) is 0 Å². The summed E-state index contributed by atoms with van der Waals surface area (Å²) in [7, 11) is 0. The first-order valence-electron chi connectivity index (χ1n) is 6.26. The zero-order chi connectivity index (χ0) is 13.7. The molecule has 0 aliphatic carbocycles. The number of hydrogen-bond donors (Lipinski definition) is 1. The molecule has 0 spiro atoms. The third kappa shape index (κ3) is 3.03. The van der Waals surface area contributed by atoms with Crippen LogP contribution in [0.15, 0.2) is 47.4 Å². The number of hydrogen-bond acceptors (Lipinski definition) is 3. The highest BCUT2D eigenvalue weighted by atomic mass is 16.5. The molecule has 4 nitrogen and oxygen atoms in total. The van der Waals surface area contributed by atoms with Crippen LogP contribution in [-0.4, -0.2) is 9.67 Å². The van der Waals surface area contributed by atoms with E-state index in [0.717, 1.165) is 5.56 Å². The molecule has 0 radical (unpaired) electrons. The van der Waals surface area contributed by atoms with Crippen LogP contribution in [0.25, 0.3) is 0 Å². The van der Waals surface area contributed by atoms with Gasteiger partial charge in [-0.3, -0.25) is 4.79 Å². The normalized spacial score (nSPS) is 10.4. The number of rotatable bonds is 5. The summed E-state index contributed by atoms with van der Waals surface area (Å²) >= 11 is 0. The Kier molecular flexibility index (Phi) is 4.36. The predicted molar refractivity (Wildman–Crippen MR) is 73.1 cm³/mol. The minimum Gasteiger partial charge on any atom is -0.483 e. The Balaban J connectivity index is 2.26. The summed E-state index contributed by atoms with van der Waals surface area (Å²) in [6.45, 7) is 2.73. The molecule has 1 N–H and O–H groups in total. The van der Waals surface area contributed by atoms with Crippen molar-refractivity contribution >= 4 is 0 Å². The number of nitrogens with zero attached hydrogens (tertiary/aromatic N) is 1. The lowest BCUT2D eigenvalue weighted by Crippen LogP contribution is -2.16. The molecule has 1 heterocycles. The van der Waals surface area contributed by atoms with Gasteiger partial charge in [0.05, 0.1) is 12.3 Å². The topological polar surface area (TPSA) is 51.5 Å². The number of pyridine rings is 1. The van der Waals surface area contributed by atoms with Gasteiger partial charge in [0, 0.05) is 18.8 Å². The Labute approximate surface area is 111 Å². The van der Waals surface area contributed by atoms with Gasteiger partial charge in [0.1, 0.15) is 6.61 Å². The van der Waals surface area contributed by atoms with Crippen molar-refractivity contribution in [1.29, 1.82) is 0 Å². The number of aliphatic hydroxyl groups excluding tert-OH is 1. The molecule has 0 aliphatic heterocycles. The van der Waals surface area contributed by atoms with Crippen molar-refractivity contribution in [3.05, 3.63) is 64.1 Å². The van der Waals surface area contributed by atoms with Crippen molar-refractivity contribution in [2.45, 2.75) is 26.7 Å². The molecule has 0 amide bonds. The minimum atomic E-state index is -0.214. The van der Waals surface area contributed by atoms with Crippen molar-refractivity contribution in [3.63, 3.8) is 0 Å². The summed E-state index contributed by atoms with van der Waals surface area (Å²) in [5, 5.41) is 9.41. The largest absolute Gasteiger partial charge is 0.483 e. The van der Waals surface area contributed by atoms with E-state index >= 15 is 0 Å². The first-order chi connectivity index (χ1) is 9.26. The first-order valence-corrected chi connectivity index (χ1v) is 6.26. The maximum Gasteiger partial charge on any atom is 0.223 e. The average molecular weight is 259 g/mol. The van der Waals surface area contributed by atoms with E-state index < -0.39 is 0 Å². The number of ether oxygens (including phenoxy) is 1. The van der Waals surface area contributed by atoms with Crippen LogP contribution >= 0.6 is 0 Å². The number of aliphatic hydroxyl groups is 1. The molecule has 1 aromatic carbocycles. The Morgan fingerprint density at radius 3 is 2.58 bits per heavy atom. The van der Waals surface area contributed by atoms with Gasteiger partial charge < -0.3 is 14.4 Å². The standard InChI is InChI=1S/C15H17NO3/c1-2-16-9-8-14(18)15(13(16)10-17)19-11-12-6-4-3-5-7-12/h3-9,17H,2,10-11H2,1H3. The van der Waals surface area contributed by atoms with Gasteiger partial charge in [-0.25, -0.2) is 0 Å². The molecule has 19 heavy (non-hydrogen) atoms. The summed E-state index contributed by atoms with van der Waals surface area (Å²) in [6, 6.07) is 11.1. The average Bonchev–Trinajstić information content (AvgIpc) is 2.46. The summed E-state index contributed by atoms with van der Waals surface area (Å²) in [5.74, 6) is 0.232. The van der Waals surface area contributed by atoms with Gasteiger partial charge in [-0.2, -0.15) is 0 Å². The van der Waals surface area contributed by atoms with E-state index in [4.69, 9.17) is 4.74 Å². The van der Waals surface area contributed by atoms with Crippen LogP contribution in [0.4, 0.5) is 0 Å². The van der Waals surface area contributed by atoms with E-state index in [0.29, 0.717) is 18.8 Å². The molecule has 4 heteroatoms. The molecule has 2 rings (SSSR count). The SMILES string of the molecule is CCn1ccc(=O)c(OCc2ccccc2)c1CO. The molecular weight excluding hydrogens is 242 g/mol. The van der Waals surface area contributed by atoms with Gasteiger partial charge in [0.15, 0.2) is 5.75 Å². The van der Waals surface area contributed by atoms with E-state index in [9.17, 15) is 9.90 Å². The molecule has 0 saturated heterocycles. The van der Waals surface area contributed by atoms with Crippen LogP contribution in [0.3, 0.4) is 0 Å². The summed E-state index contributed by atoms with van der Waals surface area (Å²) in [5.41, 5.74) is 1.30. The smallest absolute Gasteiger partial charge is 0.223 e. The molecule has 100 valence electrons. The van der Waals surface area contributed by atoms with Crippen LogP contribution in [-0.2, 0) is 19.8 Å². The fraction of sp³-hybridized carbons (Fsp3) is 0.267. The van der Waals surface area contributed by atoms with Crippen LogP contribution in [0.1, 0.15) is 18.2 Å².